The molecule has 0 amide bonds. The summed E-state index contributed by atoms with van der Waals surface area (Å²) < 4.78 is 11.3. The lowest BCUT2D eigenvalue weighted by atomic mass is 9.64. The molecular formula is C17H21NO2. The maximum Gasteiger partial charge on any atom is 0.130 e. The molecule has 0 aliphatic heterocycles. The van der Waals surface area contributed by atoms with Gasteiger partial charge in [-0.15, -0.1) is 0 Å². The van der Waals surface area contributed by atoms with Crippen molar-refractivity contribution >= 4 is 10.8 Å². The predicted molar refractivity (Wildman–Crippen MR) is 81.6 cm³/mol. The number of hydrogen-bond donors (Lipinski definition) is 1. The fraction of sp³-hybridized carbons (Fsp3) is 0.412. The Morgan fingerprint density at radius 1 is 1.10 bits per heavy atom. The molecule has 106 valence electrons. The second-order valence-electron chi connectivity index (χ2n) is 5.54. The summed E-state index contributed by atoms with van der Waals surface area (Å²) >= 11 is 0. The highest BCUT2D eigenvalue weighted by atomic mass is 16.5. The van der Waals surface area contributed by atoms with Gasteiger partial charge in [0.15, 0.2) is 0 Å². The van der Waals surface area contributed by atoms with Crippen molar-refractivity contribution < 1.29 is 9.47 Å². The van der Waals surface area contributed by atoms with Crippen LogP contribution in [0.4, 0.5) is 0 Å². The fourth-order valence-electron chi connectivity index (χ4n) is 3.29. The number of nitrogens with two attached hydrogens (primary N) is 1. The van der Waals surface area contributed by atoms with Crippen LogP contribution in [0.5, 0.6) is 11.5 Å². The molecule has 0 saturated heterocycles. The van der Waals surface area contributed by atoms with E-state index in [0.29, 0.717) is 6.54 Å². The Balaban J connectivity index is 2.31. The van der Waals surface area contributed by atoms with Gasteiger partial charge in [0.1, 0.15) is 11.5 Å². The molecule has 3 heteroatoms. The van der Waals surface area contributed by atoms with E-state index in [1.807, 2.05) is 12.1 Å². The average molecular weight is 271 g/mol. The maximum atomic E-state index is 6.06. The number of methoxy groups -OCH3 is 2. The average Bonchev–Trinajstić information content (AvgIpc) is 2.45. The number of benzene rings is 2. The van der Waals surface area contributed by atoms with E-state index in [1.54, 1.807) is 14.2 Å². The van der Waals surface area contributed by atoms with Crippen LogP contribution >= 0.6 is 0 Å². The van der Waals surface area contributed by atoms with Gasteiger partial charge in [0.05, 0.1) is 14.2 Å². The molecule has 3 nitrogen and oxygen atoms in total. The van der Waals surface area contributed by atoms with Crippen LogP contribution < -0.4 is 15.2 Å². The first-order valence-corrected chi connectivity index (χ1v) is 7.10. The Morgan fingerprint density at radius 2 is 1.80 bits per heavy atom. The van der Waals surface area contributed by atoms with Gasteiger partial charge >= 0.3 is 0 Å². The third-order valence-electron chi connectivity index (χ3n) is 4.65. The van der Waals surface area contributed by atoms with Crippen molar-refractivity contribution in [1.29, 1.82) is 0 Å². The number of fused-ring (bicyclic) bond motifs is 1. The normalized spacial score (nSPS) is 16.8. The number of hydrogen-bond acceptors (Lipinski definition) is 3. The Morgan fingerprint density at radius 3 is 2.30 bits per heavy atom. The van der Waals surface area contributed by atoms with Gasteiger partial charge in [-0.2, -0.15) is 0 Å². The summed E-state index contributed by atoms with van der Waals surface area (Å²) in [4.78, 5) is 0. The van der Waals surface area contributed by atoms with E-state index in [0.717, 1.165) is 35.1 Å². The summed E-state index contributed by atoms with van der Waals surface area (Å²) in [6.45, 7) is 0.658. The van der Waals surface area contributed by atoms with Gasteiger partial charge in [0, 0.05) is 28.3 Å². The van der Waals surface area contributed by atoms with Gasteiger partial charge in [-0.05, 0) is 18.9 Å². The van der Waals surface area contributed by atoms with Gasteiger partial charge in [-0.1, -0.05) is 30.7 Å². The van der Waals surface area contributed by atoms with E-state index >= 15 is 0 Å². The van der Waals surface area contributed by atoms with Crippen molar-refractivity contribution in [3.05, 3.63) is 35.9 Å². The molecule has 0 radical (unpaired) electrons. The molecule has 0 spiro atoms. The van der Waals surface area contributed by atoms with Crippen molar-refractivity contribution in [3.8, 4) is 11.5 Å². The smallest absolute Gasteiger partial charge is 0.130 e. The maximum absolute atomic E-state index is 6.06. The van der Waals surface area contributed by atoms with E-state index < -0.39 is 0 Å². The Hall–Kier alpha value is -1.74. The van der Waals surface area contributed by atoms with Crippen molar-refractivity contribution in [2.45, 2.75) is 24.7 Å². The third-order valence-corrected chi connectivity index (χ3v) is 4.65. The number of rotatable bonds is 4. The molecular weight excluding hydrogens is 250 g/mol. The molecule has 0 atom stereocenters. The lowest BCUT2D eigenvalue weighted by molar-refractivity contribution is 0.243. The quantitative estimate of drug-likeness (QED) is 0.928. The lowest BCUT2D eigenvalue weighted by Crippen LogP contribution is -2.41. The molecule has 0 aromatic heterocycles. The molecule has 0 heterocycles. The Labute approximate surface area is 119 Å². The summed E-state index contributed by atoms with van der Waals surface area (Å²) in [6.07, 6.45) is 3.48. The van der Waals surface area contributed by atoms with Gasteiger partial charge in [-0.3, -0.25) is 0 Å². The largest absolute Gasteiger partial charge is 0.496 e. The van der Waals surface area contributed by atoms with Crippen molar-refractivity contribution in [2.75, 3.05) is 20.8 Å². The Kier molecular flexibility index (Phi) is 3.30. The summed E-state index contributed by atoms with van der Waals surface area (Å²) in [6, 6.07) is 10.3. The standard InChI is InChI=1S/C17H21NO2/c1-19-15-10-14(17(11-18)8-5-9-17)16(20-2)13-7-4-3-6-12(13)15/h3-4,6-7,10H,5,8-9,11,18H2,1-2H3. The SMILES string of the molecule is COc1cc(C2(CN)CCC2)c(OC)c2ccccc12. The highest BCUT2D eigenvalue weighted by Gasteiger charge is 2.40. The Bertz CT molecular complexity index is 627. The first kappa shape index (κ1) is 13.3. The fourth-order valence-corrected chi connectivity index (χ4v) is 3.29. The van der Waals surface area contributed by atoms with Crippen LogP contribution in [0.3, 0.4) is 0 Å². The van der Waals surface area contributed by atoms with Gasteiger partial charge in [-0.25, -0.2) is 0 Å². The summed E-state index contributed by atoms with van der Waals surface area (Å²) in [7, 11) is 3.45. The van der Waals surface area contributed by atoms with Crippen LogP contribution in [0.1, 0.15) is 24.8 Å². The molecule has 0 unspecified atom stereocenters. The molecule has 20 heavy (non-hydrogen) atoms. The summed E-state index contributed by atoms with van der Waals surface area (Å²) in [5.74, 6) is 1.85. The minimum absolute atomic E-state index is 0.0582. The van der Waals surface area contributed by atoms with Gasteiger partial charge in [0.2, 0.25) is 0 Å². The molecule has 2 aromatic rings. The second-order valence-corrected chi connectivity index (χ2v) is 5.54. The van der Waals surface area contributed by atoms with Crippen molar-refractivity contribution in [2.24, 2.45) is 5.73 Å². The van der Waals surface area contributed by atoms with E-state index in [9.17, 15) is 0 Å². The zero-order chi connectivity index (χ0) is 14.2. The van der Waals surface area contributed by atoms with Crippen molar-refractivity contribution in [3.63, 3.8) is 0 Å². The molecule has 1 aliphatic carbocycles. The van der Waals surface area contributed by atoms with Gasteiger partial charge in [0.25, 0.3) is 0 Å². The molecule has 1 aliphatic rings. The lowest BCUT2D eigenvalue weighted by Gasteiger charge is -2.42. The zero-order valence-electron chi connectivity index (χ0n) is 12.1. The predicted octanol–water partition coefficient (Wildman–Crippen LogP) is 3.24. The first-order chi connectivity index (χ1) is 9.75. The van der Waals surface area contributed by atoms with E-state index in [-0.39, 0.29) is 5.41 Å². The highest BCUT2D eigenvalue weighted by molar-refractivity contribution is 5.95. The zero-order valence-corrected chi connectivity index (χ0v) is 12.1. The minimum atomic E-state index is 0.0582. The van der Waals surface area contributed by atoms with E-state index in [1.165, 1.54) is 12.0 Å². The van der Waals surface area contributed by atoms with Crippen LogP contribution in [0, 0.1) is 0 Å². The van der Waals surface area contributed by atoms with E-state index in [2.05, 4.69) is 18.2 Å². The molecule has 1 saturated carbocycles. The minimum Gasteiger partial charge on any atom is -0.496 e. The van der Waals surface area contributed by atoms with Crippen molar-refractivity contribution in [1.82, 2.24) is 0 Å². The summed E-state index contributed by atoms with van der Waals surface area (Å²) in [5.41, 5.74) is 7.32. The van der Waals surface area contributed by atoms with Crippen LogP contribution in [0.2, 0.25) is 0 Å². The van der Waals surface area contributed by atoms with Crippen LogP contribution in [0.15, 0.2) is 30.3 Å². The molecule has 0 bridgehead atoms. The molecule has 2 aromatic carbocycles. The highest BCUT2D eigenvalue weighted by Crippen LogP contribution is 2.50. The molecule has 2 N–H and O–H groups in total. The summed E-state index contributed by atoms with van der Waals surface area (Å²) in [5, 5.41) is 2.19. The van der Waals surface area contributed by atoms with Gasteiger partial charge < -0.3 is 15.2 Å². The van der Waals surface area contributed by atoms with Crippen LogP contribution in [0.25, 0.3) is 10.8 Å². The monoisotopic (exact) mass is 271 g/mol. The molecule has 1 fully saturated rings. The van der Waals surface area contributed by atoms with Crippen LogP contribution in [-0.2, 0) is 5.41 Å². The first-order valence-electron chi connectivity index (χ1n) is 7.10. The third kappa shape index (κ3) is 1.77. The van der Waals surface area contributed by atoms with Crippen LogP contribution in [-0.4, -0.2) is 20.8 Å². The molecule has 3 rings (SSSR count). The van der Waals surface area contributed by atoms with E-state index in [4.69, 9.17) is 15.2 Å². The topological polar surface area (TPSA) is 44.5 Å². The second kappa shape index (κ2) is 4.98. The number of ether oxygens (including phenoxy) is 2.